The third kappa shape index (κ3) is 4.31. The van der Waals surface area contributed by atoms with Gasteiger partial charge in [0.05, 0.1) is 27.4 Å². The van der Waals surface area contributed by atoms with Gasteiger partial charge in [-0.05, 0) is 37.1 Å². The quantitative estimate of drug-likeness (QED) is 0.555. The lowest BCUT2D eigenvalue weighted by molar-refractivity contribution is 0.250. The third-order valence-corrected chi connectivity index (χ3v) is 4.96. The molecule has 0 aliphatic heterocycles. The minimum Gasteiger partial charge on any atom is -0.496 e. The zero-order valence-electron chi connectivity index (χ0n) is 16.6. The van der Waals surface area contributed by atoms with E-state index < -0.39 is 11.1 Å². The third-order valence-electron chi connectivity index (χ3n) is 4.37. The highest BCUT2D eigenvalue weighted by Crippen LogP contribution is 2.43. The molecule has 0 spiro atoms. The molecule has 0 radical (unpaired) electrons. The van der Waals surface area contributed by atoms with Crippen LogP contribution in [0.5, 0.6) is 17.2 Å². The van der Waals surface area contributed by atoms with Gasteiger partial charge in [0.15, 0.2) is 11.1 Å². The van der Waals surface area contributed by atoms with Crippen LogP contribution >= 0.6 is 0 Å². The lowest BCUT2D eigenvalue weighted by atomic mass is 10.1. The number of furan rings is 1. The molecule has 3 aromatic rings. The van der Waals surface area contributed by atoms with Crippen LogP contribution < -0.4 is 14.2 Å². The van der Waals surface area contributed by atoms with Crippen LogP contribution in [0.3, 0.4) is 0 Å². The van der Waals surface area contributed by atoms with Crippen LogP contribution in [0.4, 0.5) is 0 Å². The van der Waals surface area contributed by atoms with Gasteiger partial charge in [0, 0.05) is 23.8 Å². The Hall–Kier alpha value is -2.51. The SMILES string of the molecule is COc1cc(OC)c(-c2cc3cc(CC(C)OS(C)=O)ccc3o2)c(OC)c1. The first kappa shape index (κ1) is 20.2. The second-order valence-electron chi connectivity index (χ2n) is 6.40. The molecular formula is C21H24O6S. The molecule has 2 aromatic carbocycles. The van der Waals surface area contributed by atoms with Crippen molar-refractivity contribution in [3.05, 3.63) is 42.0 Å². The number of fused-ring (bicyclic) bond motifs is 1. The van der Waals surface area contributed by atoms with E-state index in [9.17, 15) is 4.21 Å². The average molecular weight is 404 g/mol. The molecule has 150 valence electrons. The maximum atomic E-state index is 11.2. The van der Waals surface area contributed by atoms with Gasteiger partial charge in [-0.25, -0.2) is 4.21 Å². The Balaban J connectivity index is 2.00. The molecule has 6 nitrogen and oxygen atoms in total. The monoisotopic (exact) mass is 404 g/mol. The maximum Gasteiger partial charge on any atom is 0.152 e. The smallest absolute Gasteiger partial charge is 0.152 e. The van der Waals surface area contributed by atoms with Gasteiger partial charge < -0.3 is 18.6 Å². The lowest BCUT2D eigenvalue weighted by Crippen LogP contribution is -2.12. The Morgan fingerprint density at radius 3 is 2.25 bits per heavy atom. The molecule has 1 aromatic heterocycles. The summed E-state index contributed by atoms with van der Waals surface area (Å²) < 4.78 is 39.0. The summed E-state index contributed by atoms with van der Waals surface area (Å²) in [6.07, 6.45) is 2.04. The predicted molar refractivity (Wildman–Crippen MR) is 110 cm³/mol. The van der Waals surface area contributed by atoms with E-state index in [1.807, 2.05) is 31.2 Å². The van der Waals surface area contributed by atoms with E-state index in [1.165, 1.54) is 6.26 Å². The number of ether oxygens (including phenoxy) is 3. The Morgan fingerprint density at radius 1 is 1.00 bits per heavy atom. The maximum absolute atomic E-state index is 11.2. The Morgan fingerprint density at radius 2 is 1.68 bits per heavy atom. The Bertz CT molecular complexity index is 969. The van der Waals surface area contributed by atoms with Crippen molar-refractivity contribution in [2.75, 3.05) is 27.6 Å². The number of benzene rings is 2. The highest BCUT2D eigenvalue weighted by atomic mass is 32.2. The van der Waals surface area contributed by atoms with Gasteiger partial charge in [-0.1, -0.05) is 6.07 Å². The predicted octanol–water partition coefficient (Wildman–Crippen LogP) is 4.37. The normalized spacial score (nSPS) is 13.3. The first-order valence-electron chi connectivity index (χ1n) is 8.78. The second kappa shape index (κ2) is 8.67. The molecule has 3 rings (SSSR count). The molecule has 0 aliphatic carbocycles. The standard InChI is InChI=1S/C21H24O6S/c1-13(27-28(5)22)8-14-6-7-17-15(9-14)10-20(26-17)21-18(24-3)11-16(23-2)12-19(21)25-4/h6-7,9-13H,8H2,1-5H3. The molecule has 0 N–H and O–H groups in total. The summed E-state index contributed by atoms with van der Waals surface area (Å²) in [5, 5.41) is 0.956. The first-order valence-corrected chi connectivity index (χ1v) is 10.3. The van der Waals surface area contributed by atoms with Gasteiger partial charge in [-0.3, -0.25) is 4.18 Å². The van der Waals surface area contributed by atoms with Gasteiger partial charge in [-0.2, -0.15) is 0 Å². The van der Waals surface area contributed by atoms with Crippen molar-refractivity contribution in [1.82, 2.24) is 0 Å². The summed E-state index contributed by atoms with van der Waals surface area (Å²) in [5.41, 5.74) is 2.56. The van der Waals surface area contributed by atoms with Crippen LogP contribution in [0, 0.1) is 0 Å². The summed E-state index contributed by atoms with van der Waals surface area (Å²) in [5.74, 6) is 2.48. The highest BCUT2D eigenvalue weighted by Gasteiger charge is 2.19. The first-order chi connectivity index (χ1) is 13.4. The van der Waals surface area contributed by atoms with Crippen LogP contribution in [0.15, 0.2) is 40.8 Å². The fourth-order valence-electron chi connectivity index (χ4n) is 3.19. The average Bonchev–Trinajstić information content (AvgIpc) is 3.08. The van der Waals surface area contributed by atoms with E-state index in [2.05, 4.69) is 0 Å². The molecule has 0 saturated heterocycles. The molecule has 28 heavy (non-hydrogen) atoms. The minimum absolute atomic E-state index is 0.142. The molecule has 2 unspecified atom stereocenters. The Kier molecular flexibility index (Phi) is 6.26. The number of hydrogen-bond donors (Lipinski definition) is 0. The number of hydrogen-bond acceptors (Lipinski definition) is 6. The summed E-state index contributed by atoms with van der Waals surface area (Å²) in [7, 11) is 4.78. The van der Waals surface area contributed by atoms with E-state index >= 15 is 0 Å². The van der Waals surface area contributed by atoms with Crippen molar-refractivity contribution < 1.29 is 27.0 Å². The molecule has 1 heterocycles. The fourth-order valence-corrected chi connectivity index (χ4v) is 3.72. The second-order valence-corrected chi connectivity index (χ2v) is 7.40. The van der Waals surface area contributed by atoms with Gasteiger partial charge in [-0.15, -0.1) is 0 Å². The van der Waals surface area contributed by atoms with Crippen LogP contribution in [0.25, 0.3) is 22.3 Å². The summed E-state index contributed by atoms with van der Waals surface area (Å²) in [6.45, 7) is 1.90. The largest absolute Gasteiger partial charge is 0.496 e. The van der Waals surface area contributed by atoms with E-state index in [1.54, 1.807) is 33.5 Å². The summed E-state index contributed by atoms with van der Waals surface area (Å²) >= 11 is -1.28. The van der Waals surface area contributed by atoms with Gasteiger partial charge in [0.1, 0.15) is 34.2 Å². The van der Waals surface area contributed by atoms with E-state index in [4.69, 9.17) is 22.8 Å². The molecule has 0 amide bonds. The topological polar surface area (TPSA) is 67.1 Å². The number of rotatable bonds is 8. The highest BCUT2D eigenvalue weighted by molar-refractivity contribution is 7.79. The molecular weight excluding hydrogens is 380 g/mol. The molecule has 0 bridgehead atoms. The van der Waals surface area contributed by atoms with Gasteiger partial charge >= 0.3 is 0 Å². The zero-order valence-corrected chi connectivity index (χ0v) is 17.4. The molecule has 2 atom stereocenters. The molecule has 7 heteroatoms. The minimum atomic E-state index is -1.28. The van der Waals surface area contributed by atoms with Crippen molar-refractivity contribution in [1.29, 1.82) is 0 Å². The van der Waals surface area contributed by atoms with Crippen molar-refractivity contribution >= 4 is 22.0 Å². The van der Waals surface area contributed by atoms with Crippen LogP contribution in [-0.4, -0.2) is 37.9 Å². The number of methoxy groups -OCH3 is 3. The van der Waals surface area contributed by atoms with Crippen molar-refractivity contribution in [3.8, 4) is 28.6 Å². The van der Waals surface area contributed by atoms with Crippen molar-refractivity contribution in [2.24, 2.45) is 0 Å². The fraction of sp³-hybridized carbons (Fsp3) is 0.333. The molecule has 0 aliphatic rings. The molecule has 0 saturated carbocycles. The van der Waals surface area contributed by atoms with Gasteiger partial charge in [0.25, 0.3) is 0 Å². The van der Waals surface area contributed by atoms with E-state index in [-0.39, 0.29) is 6.10 Å². The van der Waals surface area contributed by atoms with Crippen LogP contribution in [-0.2, 0) is 21.7 Å². The Labute approximate surface area is 167 Å². The van der Waals surface area contributed by atoms with Crippen LogP contribution in [0.1, 0.15) is 12.5 Å². The molecule has 0 fully saturated rings. The van der Waals surface area contributed by atoms with Crippen LogP contribution in [0.2, 0.25) is 0 Å². The van der Waals surface area contributed by atoms with Gasteiger partial charge in [0.2, 0.25) is 0 Å². The summed E-state index contributed by atoms with van der Waals surface area (Å²) in [6, 6.07) is 11.5. The van der Waals surface area contributed by atoms with E-state index in [0.29, 0.717) is 29.4 Å². The zero-order chi connectivity index (χ0) is 20.3. The lowest BCUT2D eigenvalue weighted by Gasteiger charge is -2.13. The van der Waals surface area contributed by atoms with Crippen molar-refractivity contribution in [2.45, 2.75) is 19.4 Å². The van der Waals surface area contributed by atoms with Crippen molar-refractivity contribution in [3.63, 3.8) is 0 Å². The summed E-state index contributed by atoms with van der Waals surface area (Å²) in [4.78, 5) is 0. The van der Waals surface area contributed by atoms with E-state index in [0.717, 1.165) is 22.1 Å².